The minimum atomic E-state index is -0.0896. The second kappa shape index (κ2) is 10.2. The molecule has 7 nitrogen and oxygen atoms in total. The third-order valence-electron chi connectivity index (χ3n) is 5.12. The van der Waals surface area contributed by atoms with Crippen LogP contribution < -0.4 is 4.90 Å². The van der Waals surface area contributed by atoms with E-state index >= 15 is 0 Å². The summed E-state index contributed by atoms with van der Waals surface area (Å²) in [6, 6.07) is 16.1. The van der Waals surface area contributed by atoms with Gasteiger partial charge in [0, 0.05) is 12.2 Å². The number of thioether (sulfide) groups is 1. The van der Waals surface area contributed by atoms with Gasteiger partial charge >= 0.3 is 0 Å². The van der Waals surface area contributed by atoms with Gasteiger partial charge in [0.05, 0.1) is 23.9 Å². The topological polar surface area (TPSA) is 87.7 Å². The lowest BCUT2D eigenvalue weighted by molar-refractivity contribution is -0.116. The number of hydrogen-bond donors (Lipinski definition) is 0. The van der Waals surface area contributed by atoms with Gasteiger partial charge in [-0.15, -0.1) is 5.10 Å². The number of hydrogen-bond acceptors (Lipinski definition) is 6. The lowest BCUT2D eigenvalue weighted by atomic mass is 10.0. The van der Waals surface area contributed by atoms with E-state index in [1.54, 1.807) is 9.58 Å². The van der Waals surface area contributed by atoms with Crippen LogP contribution >= 0.6 is 11.8 Å². The summed E-state index contributed by atoms with van der Waals surface area (Å²) in [6.45, 7) is 8.68. The van der Waals surface area contributed by atoms with Gasteiger partial charge in [-0.1, -0.05) is 43.8 Å². The number of benzene rings is 2. The Morgan fingerprint density at radius 1 is 1.16 bits per heavy atom. The van der Waals surface area contributed by atoms with Crippen molar-refractivity contribution in [1.29, 1.82) is 5.26 Å². The van der Waals surface area contributed by atoms with E-state index in [0.717, 1.165) is 22.5 Å². The van der Waals surface area contributed by atoms with E-state index in [1.165, 1.54) is 17.3 Å². The first kappa shape index (κ1) is 22.5. The van der Waals surface area contributed by atoms with Gasteiger partial charge in [0.2, 0.25) is 11.1 Å². The van der Waals surface area contributed by atoms with Crippen molar-refractivity contribution >= 4 is 23.4 Å². The number of aromatic nitrogens is 4. The van der Waals surface area contributed by atoms with Crippen LogP contribution in [0.2, 0.25) is 0 Å². The number of nitriles is 1. The molecule has 0 saturated heterocycles. The van der Waals surface area contributed by atoms with Crippen LogP contribution in [-0.2, 0) is 4.79 Å². The van der Waals surface area contributed by atoms with Crippen molar-refractivity contribution in [2.24, 2.45) is 0 Å². The van der Waals surface area contributed by atoms with E-state index < -0.39 is 0 Å². The number of nitrogens with zero attached hydrogens (tertiary/aromatic N) is 6. The van der Waals surface area contributed by atoms with E-state index in [0.29, 0.717) is 17.6 Å². The van der Waals surface area contributed by atoms with Crippen molar-refractivity contribution in [3.05, 3.63) is 59.2 Å². The fourth-order valence-electron chi connectivity index (χ4n) is 3.09. The van der Waals surface area contributed by atoms with Gasteiger partial charge in [-0.05, 0) is 71.1 Å². The van der Waals surface area contributed by atoms with E-state index in [2.05, 4.69) is 47.6 Å². The average molecular weight is 435 g/mol. The van der Waals surface area contributed by atoms with Gasteiger partial charge in [0.25, 0.3) is 0 Å². The molecule has 160 valence electrons. The van der Waals surface area contributed by atoms with Crippen LogP contribution in [0, 0.1) is 25.2 Å². The highest BCUT2D eigenvalue weighted by Gasteiger charge is 2.19. The van der Waals surface area contributed by atoms with E-state index in [-0.39, 0.29) is 18.1 Å². The van der Waals surface area contributed by atoms with Crippen molar-refractivity contribution in [3.8, 4) is 11.8 Å². The molecule has 0 spiro atoms. The second-order valence-electron chi connectivity index (χ2n) is 7.63. The van der Waals surface area contributed by atoms with Crippen LogP contribution in [0.5, 0.6) is 0 Å². The molecule has 1 amide bonds. The number of carbonyl (C=O) groups is 1. The lowest BCUT2D eigenvalue weighted by Crippen LogP contribution is -2.33. The van der Waals surface area contributed by atoms with Crippen molar-refractivity contribution in [1.82, 2.24) is 20.2 Å². The summed E-state index contributed by atoms with van der Waals surface area (Å²) in [5, 5.41) is 21.5. The first-order chi connectivity index (χ1) is 14.9. The third-order valence-corrected chi connectivity index (χ3v) is 6.02. The zero-order chi connectivity index (χ0) is 22.4. The predicted molar refractivity (Wildman–Crippen MR) is 122 cm³/mol. The molecular formula is C23H26N6OS. The largest absolute Gasteiger partial charge is 0.311 e. The fraction of sp³-hybridized carbons (Fsp3) is 0.348. The first-order valence-electron chi connectivity index (χ1n) is 10.2. The van der Waals surface area contributed by atoms with Crippen molar-refractivity contribution in [2.45, 2.75) is 45.2 Å². The number of carbonyl (C=O) groups excluding carboxylic acids is 1. The van der Waals surface area contributed by atoms with Crippen LogP contribution in [0.4, 0.5) is 5.69 Å². The van der Waals surface area contributed by atoms with Crippen molar-refractivity contribution in [2.75, 3.05) is 17.2 Å². The number of rotatable bonds is 8. The van der Waals surface area contributed by atoms with Gasteiger partial charge in [-0.2, -0.15) is 9.94 Å². The molecule has 0 aliphatic heterocycles. The summed E-state index contributed by atoms with van der Waals surface area (Å²) < 4.78 is 1.64. The highest BCUT2D eigenvalue weighted by molar-refractivity contribution is 7.99. The lowest BCUT2D eigenvalue weighted by Gasteiger charge is -2.22. The molecule has 0 bridgehead atoms. The molecule has 31 heavy (non-hydrogen) atoms. The Bertz CT molecular complexity index is 1080. The summed E-state index contributed by atoms with van der Waals surface area (Å²) >= 11 is 1.28. The van der Waals surface area contributed by atoms with Crippen LogP contribution in [-0.4, -0.2) is 38.4 Å². The average Bonchev–Trinajstić information content (AvgIpc) is 3.23. The number of anilines is 1. The van der Waals surface area contributed by atoms with Gasteiger partial charge in [-0.25, -0.2) is 0 Å². The van der Waals surface area contributed by atoms with Crippen molar-refractivity contribution < 1.29 is 4.79 Å². The Balaban J connectivity index is 1.75. The molecule has 0 fully saturated rings. The predicted octanol–water partition coefficient (Wildman–Crippen LogP) is 4.44. The molecular weight excluding hydrogens is 408 g/mol. The Morgan fingerprint density at radius 3 is 2.55 bits per heavy atom. The maximum Gasteiger partial charge on any atom is 0.237 e. The number of amides is 1. The van der Waals surface area contributed by atoms with Crippen LogP contribution in [0.1, 0.15) is 42.9 Å². The fourth-order valence-corrected chi connectivity index (χ4v) is 3.86. The van der Waals surface area contributed by atoms with Gasteiger partial charge in [0.15, 0.2) is 0 Å². The highest BCUT2D eigenvalue weighted by Crippen LogP contribution is 2.24. The molecule has 3 aromatic rings. The molecule has 0 saturated carbocycles. The third kappa shape index (κ3) is 5.50. The molecule has 0 N–H and O–H groups in total. The molecule has 8 heteroatoms. The highest BCUT2D eigenvalue weighted by atomic mass is 32.2. The van der Waals surface area contributed by atoms with Gasteiger partial charge in [0.1, 0.15) is 0 Å². The maximum atomic E-state index is 13.0. The monoisotopic (exact) mass is 434 g/mol. The van der Waals surface area contributed by atoms with Crippen LogP contribution in [0.3, 0.4) is 0 Å². The van der Waals surface area contributed by atoms with Crippen LogP contribution in [0.25, 0.3) is 5.69 Å². The Labute approximate surface area is 187 Å². The molecule has 0 radical (unpaired) electrons. The second-order valence-corrected chi connectivity index (χ2v) is 8.57. The number of tetrazole rings is 1. The molecule has 0 aliphatic rings. The van der Waals surface area contributed by atoms with Gasteiger partial charge < -0.3 is 4.90 Å². The molecule has 1 heterocycles. The summed E-state index contributed by atoms with van der Waals surface area (Å²) in [5.41, 5.74) is 5.15. The Hall–Kier alpha value is -3.18. The molecule has 0 aliphatic carbocycles. The number of aryl methyl sites for hydroxylation is 2. The molecule has 0 atom stereocenters. The minimum Gasteiger partial charge on any atom is -0.311 e. The van der Waals surface area contributed by atoms with Crippen LogP contribution in [0.15, 0.2) is 47.6 Å². The summed E-state index contributed by atoms with van der Waals surface area (Å²) in [7, 11) is 0. The van der Waals surface area contributed by atoms with E-state index in [9.17, 15) is 4.79 Å². The standard InChI is InChI=1S/C23H26N6OS/c1-16(2)19-7-10-20(11-8-19)29-23(25-26-27-29)31-15-22(30)28(13-5-12-24)21-9-6-17(3)18(4)14-21/h6-11,14,16H,5,13,15H2,1-4H3. The minimum absolute atomic E-state index is 0.0896. The summed E-state index contributed by atoms with van der Waals surface area (Å²) in [5.74, 6) is 0.524. The Kier molecular flexibility index (Phi) is 7.42. The molecule has 2 aromatic carbocycles. The summed E-state index contributed by atoms with van der Waals surface area (Å²) in [4.78, 5) is 14.7. The van der Waals surface area contributed by atoms with Crippen molar-refractivity contribution in [3.63, 3.8) is 0 Å². The zero-order valence-electron chi connectivity index (χ0n) is 18.2. The molecule has 0 unspecified atom stereocenters. The van der Waals surface area contributed by atoms with Gasteiger partial charge in [-0.3, -0.25) is 4.79 Å². The zero-order valence-corrected chi connectivity index (χ0v) is 19.1. The first-order valence-corrected chi connectivity index (χ1v) is 11.2. The molecule has 1 aromatic heterocycles. The summed E-state index contributed by atoms with van der Waals surface area (Å²) in [6.07, 6.45) is 0.267. The van der Waals surface area contributed by atoms with E-state index in [4.69, 9.17) is 5.26 Å². The quantitative estimate of drug-likeness (QED) is 0.487. The molecule has 3 rings (SSSR count). The smallest absolute Gasteiger partial charge is 0.237 e. The van der Waals surface area contributed by atoms with E-state index in [1.807, 2.05) is 44.2 Å². The maximum absolute atomic E-state index is 13.0. The Morgan fingerprint density at radius 2 is 1.90 bits per heavy atom. The normalized spacial score (nSPS) is 10.8. The SMILES string of the molecule is Cc1ccc(N(CCC#N)C(=O)CSc2nnnn2-c2ccc(C(C)C)cc2)cc1C.